The first-order chi connectivity index (χ1) is 6.42. The van der Waals surface area contributed by atoms with Crippen LogP contribution in [0.15, 0.2) is 18.2 Å². The molecule has 0 aromatic heterocycles. The summed E-state index contributed by atoms with van der Waals surface area (Å²) in [5, 5.41) is 3.44. The number of rotatable bonds is 2. The van der Waals surface area contributed by atoms with Crippen molar-refractivity contribution in [2.24, 2.45) is 0 Å². The van der Waals surface area contributed by atoms with E-state index in [9.17, 15) is 0 Å². The summed E-state index contributed by atoms with van der Waals surface area (Å²) in [5.41, 5.74) is 4.01. The maximum atomic E-state index is 5.15. The zero-order valence-corrected chi connectivity index (χ0v) is 7.97. The Kier molecular flexibility index (Phi) is 2.50. The van der Waals surface area contributed by atoms with E-state index < -0.39 is 0 Å². The molecule has 1 aliphatic heterocycles. The fraction of sp³-hybridized carbons (Fsp3) is 0.455. The van der Waals surface area contributed by atoms with Crippen LogP contribution in [0.3, 0.4) is 0 Å². The third-order valence-electron chi connectivity index (χ3n) is 2.46. The highest BCUT2D eigenvalue weighted by Crippen LogP contribution is 2.26. The van der Waals surface area contributed by atoms with Crippen LogP contribution in [0.1, 0.15) is 17.5 Å². The van der Waals surface area contributed by atoms with E-state index in [4.69, 9.17) is 4.74 Å². The van der Waals surface area contributed by atoms with Gasteiger partial charge in [0.1, 0.15) is 0 Å². The zero-order chi connectivity index (χ0) is 9.10. The molecule has 1 aromatic rings. The minimum atomic E-state index is 0.705. The van der Waals surface area contributed by atoms with Gasteiger partial charge in [-0.05, 0) is 18.4 Å². The summed E-state index contributed by atoms with van der Waals surface area (Å²) in [6, 6.07) is 6.43. The van der Waals surface area contributed by atoms with Gasteiger partial charge in [-0.15, -0.1) is 0 Å². The normalized spacial score (nSPS) is 14.8. The molecular weight excluding hydrogens is 162 g/mol. The number of methoxy groups -OCH3 is 1. The van der Waals surface area contributed by atoms with E-state index in [1.807, 2.05) is 0 Å². The Hall–Kier alpha value is -1.02. The lowest BCUT2D eigenvalue weighted by Gasteiger charge is -2.20. The van der Waals surface area contributed by atoms with Crippen molar-refractivity contribution >= 4 is 5.69 Å². The number of hydrogen-bond acceptors (Lipinski definition) is 2. The molecule has 2 heteroatoms. The van der Waals surface area contributed by atoms with Gasteiger partial charge in [0.15, 0.2) is 0 Å². The number of hydrogen-bond donors (Lipinski definition) is 1. The molecule has 0 bridgehead atoms. The maximum Gasteiger partial charge on any atom is 0.0733 e. The van der Waals surface area contributed by atoms with E-state index in [1.54, 1.807) is 7.11 Å². The van der Waals surface area contributed by atoms with Gasteiger partial charge in [-0.2, -0.15) is 0 Å². The van der Waals surface area contributed by atoms with Crippen LogP contribution in [0.2, 0.25) is 0 Å². The Balaban J connectivity index is 2.34. The van der Waals surface area contributed by atoms with Gasteiger partial charge in [0.2, 0.25) is 0 Å². The second kappa shape index (κ2) is 3.79. The second-order valence-corrected chi connectivity index (χ2v) is 3.41. The topological polar surface area (TPSA) is 21.3 Å². The lowest BCUT2D eigenvalue weighted by molar-refractivity contribution is 0.185. The minimum absolute atomic E-state index is 0.705. The van der Waals surface area contributed by atoms with Crippen LogP contribution in [-0.4, -0.2) is 13.7 Å². The molecule has 1 N–H and O–H groups in total. The largest absolute Gasteiger partial charge is 0.385 e. The van der Waals surface area contributed by atoms with Crippen LogP contribution in [0.25, 0.3) is 0 Å². The molecule has 0 atom stereocenters. The predicted octanol–water partition coefficient (Wildman–Crippen LogP) is 2.19. The fourth-order valence-electron chi connectivity index (χ4n) is 1.86. The molecule has 0 aliphatic carbocycles. The third kappa shape index (κ3) is 1.68. The first-order valence-corrected chi connectivity index (χ1v) is 4.75. The van der Waals surface area contributed by atoms with Gasteiger partial charge >= 0.3 is 0 Å². The zero-order valence-electron chi connectivity index (χ0n) is 7.97. The molecule has 0 spiro atoms. The van der Waals surface area contributed by atoms with Crippen LogP contribution >= 0.6 is 0 Å². The summed E-state index contributed by atoms with van der Waals surface area (Å²) in [4.78, 5) is 0. The number of fused-ring (bicyclic) bond motifs is 1. The molecule has 0 unspecified atom stereocenters. The van der Waals surface area contributed by atoms with Gasteiger partial charge in [-0.25, -0.2) is 0 Å². The Morgan fingerprint density at radius 1 is 1.46 bits per heavy atom. The highest BCUT2D eigenvalue weighted by Gasteiger charge is 2.11. The Labute approximate surface area is 78.9 Å². The summed E-state index contributed by atoms with van der Waals surface area (Å²) >= 11 is 0. The van der Waals surface area contributed by atoms with Crippen molar-refractivity contribution < 1.29 is 4.74 Å². The fourth-order valence-corrected chi connectivity index (χ4v) is 1.86. The molecule has 1 aromatic carbocycles. The molecule has 2 nitrogen and oxygen atoms in total. The molecular formula is C11H15NO. The standard InChI is InChI=1S/C11H15NO/c1-13-8-10-5-2-4-9-6-3-7-12-11(9)10/h2,4-5,12H,3,6-8H2,1H3. The summed E-state index contributed by atoms with van der Waals surface area (Å²) in [6.45, 7) is 1.80. The number of ether oxygens (including phenoxy) is 1. The van der Waals surface area contributed by atoms with Gasteiger partial charge in [0.25, 0.3) is 0 Å². The van der Waals surface area contributed by atoms with Crippen molar-refractivity contribution in [2.45, 2.75) is 19.4 Å². The Morgan fingerprint density at radius 3 is 3.23 bits per heavy atom. The monoisotopic (exact) mass is 177 g/mol. The van der Waals surface area contributed by atoms with E-state index >= 15 is 0 Å². The van der Waals surface area contributed by atoms with E-state index in [-0.39, 0.29) is 0 Å². The first-order valence-electron chi connectivity index (χ1n) is 4.75. The van der Waals surface area contributed by atoms with Crippen LogP contribution in [0, 0.1) is 0 Å². The van der Waals surface area contributed by atoms with Crippen molar-refractivity contribution in [3.05, 3.63) is 29.3 Å². The molecule has 1 aliphatic rings. The third-order valence-corrected chi connectivity index (χ3v) is 2.46. The van der Waals surface area contributed by atoms with E-state index in [1.165, 1.54) is 29.7 Å². The number of nitrogens with one attached hydrogen (secondary N) is 1. The number of para-hydroxylation sites is 1. The highest BCUT2D eigenvalue weighted by molar-refractivity contribution is 5.58. The molecule has 1 heterocycles. The number of benzene rings is 1. The van der Waals surface area contributed by atoms with E-state index in [2.05, 4.69) is 23.5 Å². The van der Waals surface area contributed by atoms with Crippen molar-refractivity contribution in [1.29, 1.82) is 0 Å². The van der Waals surface area contributed by atoms with Crippen molar-refractivity contribution in [3.63, 3.8) is 0 Å². The second-order valence-electron chi connectivity index (χ2n) is 3.41. The molecule has 0 radical (unpaired) electrons. The van der Waals surface area contributed by atoms with Gasteiger partial charge in [-0.1, -0.05) is 18.2 Å². The smallest absolute Gasteiger partial charge is 0.0733 e. The lowest BCUT2D eigenvalue weighted by Crippen LogP contribution is -2.13. The molecule has 0 amide bonds. The van der Waals surface area contributed by atoms with Crippen molar-refractivity contribution in [1.82, 2.24) is 0 Å². The van der Waals surface area contributed by atoms with Crippen LogP contribution in [-0.2, 0) is 17.8 Å². The Morgan fingerprint density at radius 2 is 2.38 bits per heavy atom. The highest BCUT2D eigenvalue weighted by atomic mass is 16.5. The molecule has 0 saturated heterocycles. The molecule has 13 heavy (non-hydrogen) atoms. The van der Waals surface area contributed by atoms with Gasteiger partial charge in [0.05, 0.1) is 6.61 Å². The van der Waals surface area contributed by atoms with Crippen LogP contribution < -0.4 is 5.32 Å². The summed E-state index contributed by atoms with van der Waals surface area (Å²) < 4.78 is 5.15. The summed E-state index contributed by atoms with van der Waals surface area (Å²) in [5.74, 6) is 0. The maximum absolute atomic E-state index is 5.15. The quantitative estimate of drug-likeness (QED) is 0.747. The first kappa shape index (κ1) is 8.57. The molecule has 0 fully saturated rings. The summed E-state index contributed by atoms with van der Waals surface area (Å²) in [6.07, 6.45) is 2.43. The minimum Gasteiger partial charge on any atom is -0.385 e. The average Bonchev–Trinajstić information content (AvgIpc) is 2.19. The van der Waals surface area contributed by atoms with Crippen molar-refractivity contribution in [3.8, 4) is 0 Å². The molecule has 70 valence electrons. The Bertz CT molecular complexity index is 296. The average molecular weight is 177 g/mol. The SMILES string of the molecule is COCc1cccc2c1NCCC2. The predicted molar refractivity (Wildman–Crippen MR) is 54.0 cm³/mol. The molecule has 2 rings (SSSR count). The van der Waals surface area contributed by atoms with E-state index in [0.717, 1.165) is 6.54 Å². The van der Waals surface area contributed by atoms with Crippen molar-refractivity contribution in [2.75, 3.05) is 19.0 Å². The molecule has 0 saturated carbocycles. The van der Waals surface area contributed by atoms with Gasteiger partial charge in [-0.3, -0.25) is 0 Å². The number of aryl methyl sites for hydroxylation is 1. The lowest BCUT2D eigenvalue weighted by atomic mass is 10.00. The van der Waals surface area contributed by atoms with Gasteiger partial charge < -0.3 is 10.1 Å². The van der Waals surface area contributed by atoms with Crippen LogP contribution in [0.4, 0.5) is 5.69 Å². The summed E-state index contributed by atoms with van der Waals surface area (Å²) in [7, 11) is 1.74. The van der Waals surface area contributed by atoms with Crippen LogP contribution in [0.5, 0.6) is 0 Å². The number of anilines is 1. The van der Waals surface area contributed by atoms with Gasteiger partial charge in [0, 0.05) is 24.9 Å². The van der Waals surface area contributed by atoms with E-state index in [0.29, 0.717) is 6.61 Å².